The molecule has 2 aromatic carbocycles. The monoisotopic (exact) mass is 520 g/mol. The zero-order chi connectivity index (χ0) is 26.4. The van der Waals surface area contributed by atoms with Gasteiger partial charge in [-0.3, -0.25) is 4.79 Å². The third-order valence-corrected chi connectivity index (χ3v) is 8.67. The molecule has 6 nitrogen and oxygen atoms in total. The first kappa shape index (κ1) is 27.2. The van der Waals surface area contributed by atoms with Crippen LogP contribution in [0.4, 0.5) is 0 Å². The van der Waals surface area contributed by atoms with E-state index >= 15 is 0 Å². The van der Waals surface area contributed by atoms with Crippen LogP contribution in [0, 0.1) is 23.2 Å². The molecule has 0 saturated carbocycles. The zero-order valence-corrected chi connectivity index (χ0v) is 22.3. The average Bonchev–Trinajstić information content (AvgIpc) is 3.42. The van der Waals surface area contributed by atoms with Crippen LogP contribution in [0.1, 0.15) is 43.7 Å². The normalized spacial score (nSPS) is 29.0. The molecule has 3 aliphatic rings. The highest BCUT2D eigenvalue weighted by atomic mass is 16.7. The van der Waals surface area contributed by atoms with Crippen LogP contribution in [0.3, 0.4) is 0 Å². The van der Waals surface area contributed by atoms with Crippen molar-refractivity contribution in [1.82, 2.24) is 0 Å². The maximum absolute atomic E-state index is 14.6. The van der Waals surface area contributed by atoms with Crippen LogP contribution in [-0.2, 0) is 37.0 Å². The van der Waals surface area contributed by atoms with Crippen LogP contribution in [0.15, 0.2) is 72.3 Å². The number of ketones is 1. The number of rotatable bonds is 11. The van der Waals surface area contributed by atoms with Gasteiger partial charge in [-0.05, 0) is 43.2 Å². The molecule has 2 heterocycles. The van der Waals surface area contributed by atoms with E-state index in [0.717, 1.165) is 17.5 Å². The Balaban J connectivity index is 1.46. The molecule has 4 atom stereocenters. The number of fused-ring (bicyclic) bond motifs is 1. The van der Waals surface area contributed by atoms with Gasteiger partial charge in [-0.25, -0.2) is 0 Å². The van der Waals surface area contributed by atoms with Crippen molar-refractivity contribution in [2.45, 2.75) is 51.6 Å². The summed E-state index contributed by atoms with van der Waals surface area (Å²) in [6, 6.07) is 20.2. The highest BCUT2D eigenvalue weighted by Gasteiger charge is 2.64. The highest BCUT2D eigenvalue weighted by molar-refractivity contribution is 5.93. The Labute approximate surface area is 225 Å². The summed E-state index contributed by atoms with van der Waals surface area (Å²) in [5.74, 6) is -1.32. The van der Waals surface area contributed by atoms with E-state index in [1.54, 1.807) is 0 Å². The second kappa shape index (κ2) is 12.2. The van der Waals surface area contributed by atoms with E-state index in [1.807, 2.05) is 60.7 Å². The van der Waals surface area contributed by atoms with E-state index in [0.29, 0.717) is 58.9 Å². The van der Waals surface area contributed by atoms with Crippen molar-refractivity contribution in [3.8, 4) is 0 Å². The van der Waals surface area contributed by atoms with Crippen LogP contribution in [0.5, 0.6) is 0 Å². The zero-order valence-electron chi connectivity index (χ0n) is 22.3. The number of carbonyl (C=O) groups excluding carboxylic acids is 1. The van der Waals surface area contributed by atoms with Crippen LogP contribution in [0.2, 0.25) is 0 Å². The van der Waals surface area contributed by atoms with Gasteiger partial charge >= 0.3 is 0 Å². The van der Waals surface area contributed by atoms with Crippen LogP contribution in [0.25, 0.3) is 0 Å². The van der Waals surface area contributed by atoms with Crippen molar-refractivity contribution in [2.24, 2.45) is 23.2 Å². The summed E-state index contributed by atoms with van der Waals surface area (Å²) in [6.07, 6.45) is 4.87. The van der Waals surface area contributed by atoms with Gasteiger partial charge in [0, 0.05) is 24.9 Å². The summed E-state index contributed by atoms with van der Waals surface area (Å²) in [5.41, 5.74) is 2.65. The van der Waals surface area contributed by atoms with E-state index in [1.165, 1.54) is 5.57 Å². The Bertz CT molecular complexity index is 1030. The van der Waals surface area contributed by atoms with Gasteiger partial charge < -0.3 is 24.1 Å². The summed E-state index contributed by atoms with van der Waals surface area (Å²) in [6.45, 7) is 4.88. The van der Waals surface area contributed by atoms with Crippen molar-refractivity contribution in [3.05, 3.63) is 83.4 Å². The summed E-state index contributed by atoms with van der Waals surface area (Å²) in [5, 5.41) is 9.85. The van der Waals surface area contributed by atoms with Gasteiger partial charge in [-0.1, -0.05) is 72.3 Å². The summed E-state index contributed by atoms with van der Waals surface area (Å²) >= 11 is 0. The van der Waals surface area contributed by atoms with E-state index in [2.05, 4.69) is 13.0 Å². The fraction of sp³-hybridized carbons (Fsp3) is 0.531. The molecule has 2 fully saturated rings. The van der Waals surface area contributed by atoms with Crippen LogP contribution < -0.4 is 0 Å². The lowest BCUT2D eigenvalue weighted by atomic mass is 9.54. The third-order valence-electron chi connectivity index (χ3n) is 8.67. The molecule has 1 spiro atoms. The largest absolute Gasteiger partial charge is 0.396 e. The van der Waals surface area contributed by atoms with E-state index in [9.17, 15) is 9.90 Å². The molecule has 0 aromatic heterocycles. The Morgan fingerprint density at radius 1 is 0.974 bits per heavy atom. The fourth-order valence-electron chi connectivity index (χ4n) is 6.60. The van der Waals surface area contributed by atoms with Crippen molar-refractivity contribution in [1.29, 1.82) is 0 Å². The minimum atomic E-state index is -1.18. The van der Waals surface area contributed by atoms with Crippen LogP contribution >= 0.6 is 0 Å². The first-order valence-corrected chi connectivity index (χ1v) is 13.9. The van der Waals surface area contributed by atoms with Gasteiger partial charge in [0.05, 0.1) is 45.1 Å². The molecular formula is C32H40O6. The van der Waals surface area contributed by atoms with Gasteiger partial charge in [0.15, 0.2) is 5.78 Å². The highest BCUT2D eigenvalue weighted by Crippen LogP contribution is 2.56. The van der Waals surface area contributed by atoms with Gasteiger partial charge in [-0.2, -0.15) is 0 Å². The standard InChI is InChI=1S/C32H40O6/c1-24-17-28-23-38-32(14-8-16-37-32)30(34)31(28,18-27(24)13-15-33)29(21-35-19-25-9-4-2-5-10-25)22-36-20-26-11-6-3-7-12-26/h2-7,9-12,17,27-29,33H,8,13-16,18-23H2,1H3/t27-,28+,31+,32-/m1/s1. The summed E-state index contributed by atoms with van der Waals surface area (Å²) in [4.78, 5) is 14.6. The quantitative estimate of drug-likeness (QED) is 0.416. The van der Waals surface area contributed by atoms with E-state index < -0.39 is 11.2 Å². The van der Waals surface area contributed by atoms with E-state index in [-0.39, 0.29) is 30.1 Å². The van der Waals surface area contributed by atoms with Gasteiger partial charge in [0.1, 0.15) is 0 Å². The number of Topliss-reactive ketones (excluding diaryl/α,β-unsaturated/α-hetero) is 1. The Hall–Kier alpha value is -2.35. The fourth-order valence-corrected chi connectivity index (χ4v) is 6.60. The summed E-state index contributed by atoms with van der Waals surface area (Å²) in [7, 11) is 0. The number of aliphatic hydroxyl groups excluding tert-OH is 1. The predicted molar refractivity (Wildman–Crippen MR) is 144 cm³/mol. The number of carbonyl (C=O) groups is 1. The molecule has 0 bridgehead atoms. The Morgan fingerprint density at radius 3 is 2.16 bits per heavy atom. The smallest absolute Gasteiger partial charge is 0.229 e. The minimum absolute atomic E-state index is 0.0297. The molecule has 0 unspecified atom stereocenters. The maximum atomic E-state index is 14.6. The molecule has 1 aliphatic carbocycles. The lowest BCUT2D eigenvalue weighted by molar-refractivity contribution is -0.254. The summed E-state index contributed by atoms with van der Waals surface area (Å²) < 4.78 is 24.9. The first-order valence-electron chi connectivity index (χ1n) is 13.9. The van der Waals surface area contributed by atoms with Crippen molar-refractivity contribution in [3.63, 3.8) is 0 Å². The second-order valence-corrected chi connectivity index (χ2v) is 11.0. The lowest BCUT2D eigenvalue weighted by Gasteiger charge is -2.54. The number of ether oxygens (including phenoxy) is 4. The number of aliphatic hydroxyl groups is 1. The first-order chi connectivity index (χ1) is 18.6. The molecule has 2 saturated heterocycles. The van der Waals surface area contributed by atoms with Crippen molar-refractivity contribution >= 4 is 5.78 Å². The lowest BCUT2D eigenvalue weighted by Crippen LogP contribution is -2.64. The number of hydrogen-bond acceptors (Lipinski definition) is 6. The molecule has 204 valence electrons. The predicted octanol–water partition coefficient (Wildman–Crippen LogP) is 5.09. The second-order valence-electron chi connectivity index (χ2n) is 11.0. The topological polar surface area (TPSA) is 74.2 Å². The Kier molecular flexibility index (Phi) is 8.76. The molecule has 6 heteroatoms. The number of allylic oxidation sites excluding steroid dienone is 1. The van der Waals surface area contributed by atoms with Gasteiger partial charge in [0.2, 0.25) is 5.79 Å². The maximum Gasteiger partial charge on any atom is 0.229 e. The van der Waals surface area contributed by atoms with Crippen LogP contribution in [-0.4, -0.2) is 49.7 Å². The number of benzene rings is 2. The molecule has 5 rings (SSSR count). The molecule has 38 heavy (non-hydrogen) atoms. The molecule has 2 aliphatic heterocycles. The third kappa shape index (κ3) is 5.51. The molecular weight excluding hydrogens is 480 g/mol. The minimum Gasteiger partial charge on any atom is -0.396 e. The molecule has 0 amide bonds. The average molecular weight is 521 g/mol. The number of hydrogen-bond donors (Lipinski definition) is 1. The molecule has 2 aromatic rings. The van der Waals surface area contributed by atoms with Gasteiger partial charge in [0.25, 0.3) is 0 Å². The molecule has 1 N–H and O–H groups in total. The SMILES string of the molecule is CC1=C[C@H]2CO[C@]3(CCCO3)C(=O)[C@@]2(C(COCc2ccccc2)COCc2ccccc2)C[C@H]1CCO. The Morgan fingerprint density at radius 2 is 1.61 bits per heavy atom. The molecule has 0 radical (unpaired) electrons. The van der Waals surface area contributed by atoms with Gasteiger partial charge in [-0.15, -0.1) is 0 Å². The van der Waals surface area contributed by atoms with Crippen molar-refractivity contribution in [2.75, 3.05) is 33.0 Å². The van der Waals surface area contributed by atoms with Crippen molar-refractivity contribution < 1.29 is 28.8 Å². The van der Waals surface area contributed by atoms with E-state index in [4.69, 9.17) is 18.9 Å².